The van der Waals surface area contributed by atoms with Crippen LogP contribution in [0.2, 0.25) is 0 Å². The summed E-state index contributed by atoms with van der Waals surface area (Å²) in [4.78, 5) is 0. The van der Waals surface area contributed by atoms with Gasteiger partial charge < -0.3 is 5.32 Å². The Balaban J connectivity index is 2.85. The highest BCUT2D eigenvalue weighted by Crippen LogP contribution is 2.26. The van der Waals surface area contributed by atoms with Gasteiger partial charge in [0.1, 0.15) is 5.82 Å². The summed E-state index contributed by atoms with van der Waals surface area (Å²) in [7, 11) is 0. The highest BCUT2D eigenvalue weighted by molar-refractivity contribution is 5.25. The second-order valence-corrected chi connectivity index (χ2v) is 5.04. The predicted molar refractivity (Wildman–Crippen MR) is 76.2 cm³/mol. The third kappa shape index (κ3) is 4.09. The molecule has 0 radical (unpaired) electrons. The van der Waals surface area contributed by atoms with Crippen molar-refractivity contribution in [3.63, 3.8) is 0 Å². The zero-order chi connectivity index (χ0) is 13.5. The van der Waals surface area contributed by atoms with Crippen LogP contribution in [-0.4, -0.2) is 6.54 Å². The SMILES string of the molecule is CCNC(CC(CC)CC)c1ccc(C)c(F)c1. The highest BCUT2D eigenvalue weighted by Gasteiger charge is 2.16. The van der Waals surface area contributed by atoms with E-state index in [4.69, 9.17) is 0 Å². The van der Waals surface area contributed by atoms with Gasteiger partial charge in [-0.2, -0.15) is 0 Å². The van der Waals surface area contributed by atoms with Gasteiger partial charge in [0.25, 0.3) is 0 Å². The zero-order valence-corrected chi connectivity index (χ0v) is 12.1. The van der Waals surface area contributed by atoms with E-state index in [0.717, 1.165) is 24.1 Å². The van der Waals surface area contributed by atoms with Gasteiger partial charge in [-0.25, -0.2) is 4.39 Å². The van der Waals surface area contributed by atoms with Crippen molar-refractivity contribution in [3.05, 3.63) is 35.1 Å². The molecule has 0 heterocycles. The van der Waals surface area contributed by atoms with E-state index in [9.17, 15) is 4.39 Å². The molecule has 1 unspecified atom stereocenters. The minimum atomic E-state index is -0.0973. The smallest absolute Gasteiger partial charge is 0.126 e. The largest absolute Gasteiger partial charge is 0.310 e. The first-order valence-electron chi connectivity index (χ1n) is 7.11. The Morgan fingerprint density at radius 3 is 2.33 bits per heavy atom. The number of hydrogen-bond acceptors (Lipinski definition) is 1. The molecule has 1 atom stereocenters. The van der Waals surface area contributed by atoms with Gasteiger partial charge in [-0.15, -0.1) is 0 Å². The number of halogens is 1. The summed E-state index contributed by atoms with van der Waals surface area (Å²) >= 11 is 0. The van der Waals surface area contributed by atoms with Gasteiger partial charge in [0.15, 0.2) is 0 Å². The number of hydrogen-bond donors (Lipinski definition) is 1. The Morgan fingerprint density at radius 2 is 1.83 bits per heavy atom. The van der Waals surface area contributed by atoms with Gasteiger partial charge in [-0.3, -0.25) is 0 Å². The van der Waals surface area contributed by atoms with Gasteiger partial charge in [0.2, 0.25) is 0 Å². The fourth-order valence-corrected chi connectivity index (χ4v) is 2.36. The van der Waals surface area contributed by atoms with E-state index in [1.807, 2.05) is 19.1 Å². The molecule has 0 aromatic heterocycles. The first kappa shape index (κ1) is 15.2. The molecule has 18 heavy (non-hydrogen) atoms. The van der Waals surface area contributed by atoms with Gasteiger partial charge in [-0.1, -0.05) is 45.7 Å². The van der Waals surface area contributed by atoms with Crippen LogP contribution in [0.15, 0.2) is 18.2 Å². The van der Waals surface area contributed by atoms with Crippen LogP contribution in [0.5, 0.6) is 0 Å². The molecule has 0 saturated heterocycles. The van der Waals surface area contributed by atoms with Crippen LogP contribution < -0.4 is 5.32 Å². The molecule has 0 aliphatic carbocycles. The fraction of sp³-hybridized carbons (Fsp3) is 0.625. The van der Waals surface area contributed by atoms with Crippen LogP contribution in [0, 0.1) is 18.7 Å². The molecule has 102 valence electrons. The van der Waals surface area contributed by atoms with E-state index >= 15 is 0 Å². The van der Waals surface area contributed by atoms with Crippen LogP contribution in [0.4, 0.5) is 4.39 Å². The van der Waals surface area contributed by atoms with E-state index in [0.29, 0.717) is 5.92 Å². The van der Waals surface area contributed by atoms with E-state index in [2.05, 4.69) is 26.1 Å². The Kier molecular flexibility index (Phi) is 6.34. The summed E-state index contributed by atoms with van der Waals surface area (Å²) < 4.78 is 13.7. The Labute approximate surface area is 111 Å². The second-order valence-electron chi connectivity index (χ2n) is 5.04. The van der Waals surface area contributed by atoms with E-state index in [1.165, 1.54) is 12.8 Å². The Hall–Kier alpha value is -0.890. The molecule has 0 saturated carbocycles. The lowest BCUT2D eigenvalue weighted by molar-refractivity contribution is 0.374. The molecular weight excluding hydrogens is 225 g/mol. The lowest BCUT2D eigenvalue weighted by Gasteiger charge is -2.23. The average molecular weight is 251 g/mol. The van der Waals surface area contributed by atoms with Gasteiger partial charge in [-0.05, 0) is 43.0 Å². The number of rotatable bonds is 7. The lowest BCUT2D eigenvalue weighted by Crippen LogP contribution is -2.23. The van der Waals surface area contributed by atoms with Crippen molar-refractivity contribution < 1.29 is 4.39 Å². The van der Waals surface area contributed by atoms with Crippen LogP contribution in [0.25, 0.3) is 0 Å². The molecule has 1 aromatic rings. The molecule has 1 N–H and O–H groups in total. The summed E-state index contributed by atoms with van der Waals surface area (Å²) in [5, 5.41) is 3.48. The van der Waals surface area contributed by atoms with E-state index in [-0.39, 0.29) is 11.9 Å². The van der Waals surface area contributed by atoms with Crippen molar-refractivity contribution in [2.75, 3.05) is 6.54 Å². The number of benzene rings is 1. The molecule has 1 aromatic carbocycles. The third-order valence-electron chi connectivity index (χ3n) is 3.77. The first-order valence-corrected chi connectivity index (χ1v) is 7.11. The van der Waals surface area contributed by atoms with Crippen molar-refractivity contribution in [2.45, 2.75) is 53.0 Å². The fourth-order valence-electron chi connectivity index (χ4n) is 2.36. The quantitative estimate of drug-likeness (QED) is 0.746. The Bertz CT molecular complexity index is 358. The number of nitrogens with one attached hydrogen (secondary N) is 1. The van der Waals surface area contributed by atoms with Crippen LogP contribution in [-0.2, 0) is 0 Å². The van der Waals surface area contributed by atoms with Crippen molar-refractivity contribution in [1.82, 2.24) is 5.32 Å². The molecule has 1 nitrogen and oxygen atoms in total. The molecular formula is C16H26FN. The summed E-state index contributed by atoms with van der Waals surface area (Å²) in [6.45, 7) is 9.28. The molecule has 0 fully saturated rings. The average Bonchev–Trinajstić information content (AvgIpc) is 2.38. The molecule has 0 spiro atoms. The third-order valence-corrected chi connectivity index (χ3v) is 3.77. The summed E-state index contributed by atoms with van der Waals surface area (Å²) in [6, 6.07) is 5.89. The maximum atomic E-state index is 13.7. The van der Waals surface area contributed by atoms with Crippen LogP contribution >= 0.6 is 0 Å². The van der Waals surface area contributed by atoms with Crippen molar-refractivity contribution in [1.29, 1.82) is 0 Å². The van der Waals surface area contributed by atoms with Crippen molar-refractivity contribution in [2.24, 2.45) is 5.92 Å². The molecule has 0 aliphatic heterocycles. The monoisotopic (exact) mass is 251 g/mol. The van der Waals surface area contributed by atoms with E-state index < -0.39 is 0 Å². The topological polar surface area (TPSA) is 12.0 Å². The van der Waals surface area contributed by atoms with Crippen LogP contribution in [0.1, 0.15) is 57.2 Å². The predicted octanol–water partition coefficient (Wildman–Crippen LogP) is 4.61. The first-order chi connectivity index (χ1) is 8.62. The zero-order valence-electron chi connectivity index (χ0n) is 12.1. The second kappa shape index (κ2) is 7.52. The van der Waals surface area contributed by atoms with Crippen molar-refractivity contribution in [3.8, 4) is 0 Å². The molecule has 0 bridgehead atoms. The van der Waals surface area contributed by atoms with Gasteiger partial charge in [0.05, 0.1) is 0 Å². The van der Waals surface area contributed by atoms with Crippen molar-refractivity contribution >= 4 is 0 Å². The minimum Gasteiger partial charge on any atom is -0.310 e. The summed E-state index contributed by atoms with van der Waals surface area (Å²) in [5.41, 5.74) is 1.79. The standard InChI is InChI=1S/C16H26FN/c1-5-13(6-2)10-16(18-7-3)14-9-8-12(4)15(17)11-14/h8-9,11,13,16,18H,5-7,10H2,1-4H3. The molecule has 2 heteroatoms. The van der Waals surface area contributed by atoms with Gasteiger partial charge in [0, 0.05) is 6.04 Å². The maximum absolute atomic E-state index is 13.7. The molecule has 0 aliphatic rings. The molecule has 0 amide bonds. The van der Waals surface area contributed by atoms with E-state index in [1.54, 1.807) is 6.07 Å². The minimum absolute atomic E-state index is 0.0973. The lowest BCUT2D eigenvalue weighted by atomic mass is 9.90. The van der Waals surface area contributed by atoms with Crippen LogP contribution in [0.3, 0.4) is 0 Å². The summed E-state index contributed by atoms with van der Waals surface area (Å²) in [5.74, 6) is 0.610. The summed E-state index contributed by atoms with van der Waals surface area (Å²) in [6.07, 6.45) is 3.46. The Morgan fingerprint density at radius 1 is 1.17 bits per heavy atom. The highest BCUT2D eigenvalue weighted by atomic mass is 19.1. The number of aryl methyl sites for hydroxylation is 1. The van der Waals surface area contributed by atoms with Gasteiger partial charge >= 0.3 is 0 Å². The normalized spacial score (nSPS) is 13.0. The molecule has 1 rings (SSSR count). The maximum Gasteiger partial charge on any atom is 0.126 e.